The highest BCUT2D eigenvalue weighted by Gasteiger charge is 2.14. The summed E-state index contributed by atoms with van der Waals surface area (Å²) in [5.41, 5.74) is 2.62. The molecule has 0 spiro atoms. The summed E-state index contributed by atoms with van der Waals surface area (Å²) in [6.07, 6.45) is 10.1. The summed E-state index contributed by atoms with van der Waals surface area (Å²) in [5.74, 6) is 0. The molecule has 1 aliphatic rings. The number of aromatic amines is 1. The molecule has 1 aromatic heterocycles. The van der Waals surface area contributed by atoms with Gasteiger partial charge in [0.05, 0.1) is 6.04 Å². The fourth-order valence-corrected chi connectivity index (χ4v) is 2.42. The summed E-state index contributed by atoms with van der Waals surface area (Å²) >= 11 is 0. The van der Waals surface area contributed by atoms with Crippen molar-refractivity contribution >= 4 is 10.9 Å². The molecule has 0 aliphatic carbocycles. The number of benzene rings is 1. The second-order valence-electron chi connectivity index (χ2n) is 4.34. The lowest BCUT2D eigenvalue weighted by Crippen LogP contribution is -2.13. The normalized spacial score (nSPS) is 20.6. The fraction of sp³-hybridized carbons (Fsp3) is 0.286. The molecule has 0 saturated heterocycles. The van der Waals surface area contributed by atoms with Crippen molar-refractivity contribution in [3.63, 3.8) is 0 Å². The van der Waals surface area contributed by atoms with E-state index < -0.39 is 0 Å². The van der Waals surface area contributed by atoms with Crippen molar-refractivity contribution in [1.29, 1.82) is 0 Å². The molecule has 2 heteroatoms. The van der Waals surface area contributed by atoms with Crippen molar-refractivity contribution in [1.82, 2.24) is 10.3 Å². The lowest BCUT2D eigenvalue weighted by Gasteiger charge is -2.14. The lowest BCUT2D eigenvalue weighted by molar-refractivity contribution is 0.569. The molecular formula is C14H16N2. The molecule has 82 valence electrons. The van der Waals surface area contributed by atoms with E-state index in [9.17, 15) is 0 Å². The average Bonchev–Trinajstić information content (AvgIpc) is 2.57. The van der Waals surface area contributed by atoms with Crippen molar-refractivity contribution in [3.8, 4) is 0 Å². The first-order valence-corrected chi connectivity index (χ1v) is 5.92. The van der Waals surface area contributed by atoms with E-state index in [0.717, 1.165) is 0 Å². The van der Waals surface area contributed by atoms with E-state index in [0.29, 0.717) is 6.04 Å². The summed E-state index contributed by atoms with van der Waals surface area (Å²) in [6.45, 7) is 0. The smallest absolute Gasteiger partial charge is 0.0529 e. The summed E-state index contributed by atoms with van der Waals surface area (Å²) < 4.78 is 0. The summed E-state index contributed by atoms with van der Waals surface area (Å²) in [4.78, 5) is 3.34. The molecule has 0 bridgehead atoms. The Morgan fingerprint density at radius 2 is 2.12 bits per heavy atom. The third-order valence-corrected chi connectivity index (χ3v) is 3.28. The van der Waals surface area contributed by atoms with Gasteiger partial charge in [-0.05, 0) is 37.1 Å². The highest BCUT2D eigenvalue weighted by molar-refractivity contribution is 5.83. The molecule has 3 rings (SSSR count). The molecule has 0 amide bonds. The van der Waals surface area contributed by atoms with Crippen molar-refractivity contribution in [3.05, 3.63) is 48.3 Å². The quantitative estimate of drug-likeness (QED) is 0.744. The Kier molecular flexibility index (Phi) is 2.41. The van der Waals surface area contributed by atoms with Gasteiger partial charge in [0, 0.05) is 17.1 Å². The van der Waals surface area contributed by atoms with Crippen LogP contribution in [0.5, 0.6) is 0 Å². The van der Waals surface area contributed by atoms with Crippen LogP contribution in [0.25, 0.3) is 10.9 Å². The van der Waals surface area contributed by atoms with E-state index >= 15 is 0 Å². The molecule has 2 nitrogen and oxygen atoms in total. The molecule has 1 aromatic carbocycles. The van der Waals surface area contributed by atoms with Gasteiger partial charge in [-0.15, -0.1) is 0 Å². The molecule has 1 atom stereocenters. The molecule has 1 unspecified atom stereocenters. The van der Waals surface area contributed by atoms with Gasteiger partial charge in [0.15, 0.2) is 0 Å². The average molecular weight is 212 g/mol. The largest absolute Gasteiger partial charge is 0.384 e. The van der Waals surface area contributed by atoms with Crippen LogP contribution in [0.1, 0.15) is 30.9 Å². The number of para-hydroxylation sites is 1. The number of fused-ring (bicyclic) bond motifs is 1. The minimum atomic E-state index is 0.454. The fourth-order valence-electron chi connectivity index (χ4n) is 2.42. The van der Waals surface area contributed by atoms with Gasteiger partial charge in [-0.1, -0.05) is 24.3 Å². The van der Waals surface area contributed by atoms with Crippen molar-refractivity contribution in [2.45, 2.75) is 25.3 Å². The molecule has 2 heterocycles. The van der Waals surface area contributed by atoms with E-state index in [2.05, 4.69) is 53.0 Å². The van der Waals surface area contributed by atoms with Crippen LogP contribution in [0.2, 0.25) is 0 Å². The molecule has 0 radical (unpaired) electrons. The SMILES string of the molecule is C1=CNC(c2c[nH]c3ccccc23)CCC1. The second kappa shape index (κ2) is 4.05. The van der Waals surface area contributed by atoms with Crippen LogP contribution in [0, 0.1) is 0 Å². The van der Waals surface area contributed by atoms with E-state index in [1.54, 1.807) is 0 Å². The van der Waals surface area contributed by atoms with E-state index in [1.165, 1.54) is 35.7 Å². The van der Waals surface area contributed by atoms with Crippen molar-refractivity contribution < 1.29 is 0 Å². The topological polar surface area (TPSA) is 27.8 Å². The van der Waals surface area contributed by atoms with E-state index in [-0.39, 0.29) is 0 Å². The minimum absolute atomic E-state index is 0.454. The maximum Gasteiger partial charge on any atom is 0.0529 e. The zero-order valence-electron chi connectivity index (χ0n) is 9.24. The zero-order chi connectivity index (χ0) is 10.8. The van der Waals surface area contributed by atoms with Crippen LogP contribution in [0.15, 0.2) is 42.7 Å². The molecule has 0 saturated carbocycles. The molecule has 2 N–H and O–H groups in total. The van der Waals surface area contributed by atoms with Crippen LogP contribution in [-0.2, 0) is 0 Å². The van der Waals surface area contributed by atoms with Gasteiger partial charge < -0.3 is 10.3 Å². The van der Waals surface area contributed by atoms with Gasteiger partial charge in [-0.25, -0.2) is 0 Å². The Morgan fingerprint density at radius 1 is 1.19 bits per heavy atom. The maximum absolute atomic E-state index is 3.48. The number of aromatic nitrogens is 1. The van der Waals surface area contributed by atoms with Gasteiger partial charge >= 0.3 is 0 Å². The number of hydrogen-bond donors (Lipinski definition) is 2. The molecular weight excluding hydrogens is 196 g/mol. The van der Waals surface area contributed by atoms with Gasteiger partial charge in [0.2, 0.25) is 0 Å². The predicted molar refractivity (Wildman–Crippen MR) is 67.2 cm³/mol. The number of rotatable bonds is 1. The predicted octanol–water partition coefficient (Wildman–Crippen LogP) is 3.50. The summed E-state index contributed by atoms with van der Waals surface area (Å²) in [6, 6.07) is 8.95. The zero-order valence-corrected chi connectivity index (χ0v) is 9.24. The Hall–Kier alpha value is -1.70. The number of nitrogens with one attached hydrogen (secondary N) is 2. The first-order chi connectivity index (χ1) is 7.95. The highest BCUT2D eigenvalue weighted by Crippen LogP contribution is 2.28. The Morgan fingerprint density at radius 3 is 3.12 bits per heavy atom. The van der Waals surface area contributed by atoms with Crippen LogP contribution in [0.3, 0.4) is 0 Å². The summed E-state index contributed by atoms with van der Waals surface area (Å²) in [5, 5.41) is 4.82. The molecule has 0 fully saturated rings. The standard InChI is InChI=1S/C14H16N2/c1-2-7-14(15-9-5-1)12-10-16-13-8-4-3-6-11(12)13/h3-6,8-10,14-16H,1-2,7H2. The van der Waals surface area contributed by atoms with Crippen LogP contribution in [0.4, 0.5) is 0 Å². The third kappa shape index (κ3) is 1.60. The number of allylic oxidation sites excluding steroid dienone is 1. The number of H-pyrrole nitrogens is 1. The molecule has 1 aliphatic heterocycles. The highest BCUT2D eigenvalue weighted by atomic mass is 14.9. The lowest BCUT2D eigenvalue weighted by atomic mass is 10.0. The van der Waals surface area contributed by atoms with Crippen LogP contribution in [-0.4, -0.2) is 4.98 Å². The van der Waals surface area contributed by atoms with Gasteiger partial charge in [-0.3, -0.25) is 0 Å². The minimum Gasteiger partial charge on any atom is -0.384 e. The Bertz CT molecular complexity index is 510. The van der Waals surface area contributed by atoms with Crippen LogP contribution < -0.4 is 5.32 Å². The third-order valence-electron chi connectivity index (χ3n) is 3.28. The number of hydrogen-bond acceptors (Lipinski definition) is 1. The van der Waals surface area contributed by atoms with Crippen LogP contribution >= 0.6 is 0 Å². The second-order valence-corrected chi connectivity index (χ2v) is 4.34. The van der Waals surface area contributed by atoms with Crippen molar-refractivity contribution in [2.24, 2.45) is 0 Å². The maximum atomic E-state index is 3.48. The first-order valence-electron chi connectivity index (χ1n) is 5.92. The Balaban J connectivity index is 2.01. The monoisotopic (exact) mass is 212 g/mol. The first kappa shape index (κ1) is 9.52. The van der Waals surface area contributed by atoms with E-state index in [1.807, 2.05) is 0 Å². The van der Waals surface area contributed by atoms with Crippen molar-refractivity contribution in [2.75, 3.05) is 0 Å². The molecule has 16 heavy (non-hydrogen) atoms. The van der Waals surface area contributed by atoms with Gasteiger partial charge in [0.1, 0.15) is 0 Å². The Labute approximate surface area is 95.4 Å². The van der Waals surface area contributed by atoms with Gasteiger partial charge in [-0.2, -0.15) is 0 Å². The molecule has 2 aromatic rings. The van der Waals surface area contributed by atoms with Gasteiger partial charge in [0.25, 0.3) is 0 Å². The summed E-state index contributed by atoms with van der Waals surface area (Å²) in [7, 11) is 0. The van der Waals surface area contributed by atoms with E-state index in [4.69, 9.17) is 0 Å².